The van der Waals surface area contributed by atoms with E-state index in [1.54, 1.807) is 34.2 Å². The molecule has 5 rings (SSSR count). The molecule has 11 nitrogen and oxygen atoms in total. The van der Waals surface area contributed by atoms with Gasteiger partial charge in [-0.25, -0.2) is 4.98 Å². The van der Waals surface area contributed by atoms with E-state index in [2.05, 4.69) is 41.0 Å². The van der Waals surface area contributed by atoms with E-state index >= 15 is 0 Å². The molecule has 0 aliphatic carbocycles. The quantitative estimate of drug-likeness (QED) is 0.476. The number of aryl methyl sites for hydroxylation is 2. The number of pyridine rings is 2. The van der Waals surface area contributed by atoms with Crippen LogP contribution in [0.25, 0.3) is 22.6 Å². The summed E-state index contributed by atoms with van der Waals surface area (Å²) >= 11 is 0. The normalized spacial score (nSPS) is 16.0. The van der Waals surface area contributed by atoms with E-state index in [-0.39, 0.29) is 11.9 Å². The summed E-state index contributed by atoms with van der Waals surface area (Å²) in [4.78, 5) is 24.5. The Morgan fingerprint density at radius 3 is 2.82 bits per heavy atom. The summed E-state index contributed by atoms with van der Waals surface area (Å²) in [6, 6.07) is 7.47. The summed E-state index contributed by atoms with van der Waals surface area (Å²) in [6.45, 7) is 3.65. The minimum Gasteiger partial charge on any atom is -0.315 e. The Balaban J connectivity index is 1.48. The number of tetrazole rings is 1. The van der Waals surface area contributed by atoms with Gasteiger partial charge in [-0.2, -0.15) is 10.3 Å². The van der Waals surface area contributed by atoms with Crippen LogP contribution in [0.1, 0.15) is 28.9 Å². The highest BCUT2D eigenvalue weighted by Gasteiger charge is 2.30. The van der Waals surface area contributed by atoms with Crippen molar-refractivity contribution >= 4 is 11.7 Å². The van der Waals surface area contributed by atoms with Gasteiger partial charge < -0.3 is 5.32 Å². The number of aromatic nitrogens is 8. The van der Waals surface area contributed by atoms with Crippen molar-refractivity contribution in [3.8, 4) is 22.6 Å². The van der Waals surface area contributed by atoms with Gasteiger partial charge in [-0.15, -0.1) is 10.2 Å². The first-order valence-corrected chi connectivity index (χ1v) is 10.8. The zero-order chi connectivity index (χ0) is 22.8. The first kappa shape index (κ1) is 20.9. The highest BCUT2D eigenvalue weighted by Crippen LogP contribution is 2.29. The lowest BCUT2D eigenvalue weighted by atomic mass is 10.0. The van der Waals surface area contributed by atoms with Gasteiger partial charge in [0.1, 0.15) is 17.2 Å². The zero-order valence-corrected chi connectivity index (χ0v) is 18.4. The Hall–Kier alpha value is -3.99. The molecule has 1 saturated heterocycles. The largest absolute Gasteiger partial charge is 0.315 e. The standard InChI is InChI=1S/C22H24N10O/c1-14-5-3-10-24-21(14)32(16-6-4-9-23-12-16)22(33)18-8-7-15(11-25-18)17-13-26-31(2)19(17)20-27-29-30-28-20/h3,5,7-8,10-11,13,16,23H,4,6,9,12H2,1-2H3,(H,27,28,29,30). The average Bonchev–Trinajstić information content (AvgIpc) is 3.51. The number of carbonyl (C=O) groups is 1. The van der Waals surface area contributed by atoms with Gasteiger partial charge in [0.2, 0.25) is 5.82 Å². The first-order chi connectivity index (χ1) is 16.1. The summed E-state index contributed by atoms with van der Waals surface area (Å²) in [5.74, 6) is 0.946. The number of amides is 1. The van der Waals surface area contributed by atoms with Crippen LogP contribution in [0, 0.1) is 6.92 Å². The van der Waals surface area contributed by atoms with Gasteiger partial charge in [-0.3, -0.25) is 19.4 Å². The summed E-state index contributed by atoms with van der Waals surface area (Å²) in [7, 11) is 1.81. The average molecular weight is 445 g/mol. The number of nitrogens with one attached hydrogen (secondary N) is 2. The predicted octanol–water partition coefficient (Wildman–Crippen LogP) is 1.76. The number of piperidine rings is 1. The molecule has 2 N–H and O–H groups in total. The zero-order valence-electron chi connectivity index (χ0n) is 18.4. The molecule has 5 heterocycles. The van der Waals surface area contributed by atoms with E-state index in [0.717, 1.165) is 42.6 Å². The molecule has 0 radical (unpaired) electrons. The molecule has 0 bridgehead atoms. The summed E-state index contributed by atoms with van der Waals surface area (Å²) in [5, 5.41) is 21.9. The molecule has 1 unspecified atom stereocenters. The Bertz CT molecular complexity index is 1240. The van der Waals surface area contributed by atoms with E-state index in [0.29, 0.717) is 23.0 Å². The van der Waals surface area contributed by atoms with Crippen LogP contribution in [-0.4, -0.2) is 65.4 Å². The maximum atomic E-state index is 13.6. The van der Waals surface area contributed by atoms with Gasteiger partial charge in [-0.05, 0) is 49.2 Å². The van der Waals surface area contributed by atoms with Gasteiger partial charge in [0.05, 0.1) is 12.2 Å². The molecule has 0 spiro atoms. The second-order valence-electron chi connectivity index (χ2n) is 8.02. The van der Waals surface area contributed by atoms with Crippen LogP contribution in [0.2, 0.25) is 0 Å². The monoisotopic (exact) mass is 444 g/mol. The lowest BCUT2D eigenvalue weighted by Crippen LogP contribution is -2.49. The second kappa shape index (κ2) is 8.87. The number of aromatic amines is 1. The third-order valence-electron chi connectivity index (χ3n) is 5.85. The van der Waals surface area contributed by atoms with E-state index in [4.69, 9.17) is 0 Å². The van der Waals surface area contributed by atoms with Crippen molar-refractivity contribution in [1.82, 2.24) is 45.7 Å². The maximum Gasteiger partial charge on any atom is 0.278 e. The minimum atomic E-state index is -0.165. The van der Waals surface area contributed by atoms with Crippen molar-refractivity contribution in [3.63, 3.8) is 0 Å². The SMILES string of the molecule is Cc1cccnc1N(C(=O)c1ccc(-c2cnn(C)c2-c2nn[nH]n2)cn1)C1CCCNC1. The Morgan fingerprint density at radius 2 is 2.12 bits per heavy atom. The molecule has 4 aromatic heterocycles. The molecule has 1 amide bonds. The molecular formula is C22H24N10O. The van der Waals surface area contributed by atoms with Gasteiger partial charge in [0, 0.05) is 37.1 Å². The fraction of sp³-hybridized carbons (Fsp3) is 0.318. The molecule has 168 valence electrons. The molecule has 0 saturated carbocycles. The van der Waals surface area contributed by atoms with Gasteiger partial charge in [0.25, 0.3) is 5.91 Å². The number of anilines is 1. The number of nitrogens with zero attached hydrogens (tertiary/aromatic N) is 8. The molecular weight excluding hydrogens is 420 g/mol. The van der Waals surface area contributed by atoms with Crippen LogP contribution in [0.3, 0.4) is 0 Å². The van der Waals surface area contributed by atoms with Gasteiger partial charge >= 0.3 is 0 Å². The predicted molar refractivity (Wildman–Crippen MR) is 121 cm³/mol. The molecule has 1 atom stereocenters. The second-order valence-corrected chi connectivity index (χ2v) is 8.02. The van der Waals surface area contributed by atoms with Crippen molar-refractivity contribution < 1.29 is 4.79 Å². The van der Waals surface area contributed by atoms with Crippen LogP contribution in [0.4, 0.5) is 5.82 Å². The summed E-state index contributed by atoms with van der Waals surface area (Å²) in [5.41, 5.74) is 3.63. The van der Waals surface area contributed by atoms with Crippen molar-refractivity contribution in [2.24, 2.45) is 7.05 Å². The maximum absolute atomic E-state index is 13.6. The fourth-order valence-corrected chi connectivity index (χ4v) is 4.20. The van der Waals surface area contributed by atoms with E-state index in [1.165, 1.54) is 0 Å². The number of H-pyrrole nitrogens is 1. The van der Waals surface area contributed by atoms with Crippen LogP contribution in [0.15, 0.2) is 42.9 Å². The Kier molecular flexibility index (Phi) is 5.61. The third kappa shape index (κ3) is 3.98. The number of hydrogen-bond donors (Lipinski definition) is 2. The summed E-state index contributed by atoms with van der Waals surface area (Å²) in [6.07, 6.45) is 7.04. The van der Waals surface area contributed by atoms with E-state index < -0.39 is 0 Å². The highest BCUT2D eigenvalue weighted by atomic mass is 16.2. The summed E-state index contributed by atoms with van der Waals surface area (Å²) < 4.78 is 1.68. The van der Waals surface area contributed by atoms with Crippen LogP contribution in [0.5, 0.6) is 0 Å². The molecule has 11 heteroatoms. The fourth-order valence-electron chi connectivity index (χ4n) is 4.20. The lowest BCUT2D eigenvalue weighted by molar-refractivity contribution is 0.0966. The lowest BCUT2D eigenvalue weighted by Gasteiger charge is -2.34. The first-order valence-electron chi connectivity index (χ1n) is 10.8. The molecule has 0 aromatic carbocycles. The van der Waals surface area contributed by atoms with Crippen molar-refractivity contribution in [3.05, 3.63) is 54.1 Å². The van der Waals surface area contributed by atoms with Crippen LogP contribution >= 0.6 is 0 Å². The van der Waals surface area contributed by atoms with E-state index in [9.17, 15) is 4.79 Å². The smallest absolute Gasteiger partial charge is 0.278 e. The molecule has 1 fully saturated rings. The molecule has 4 aromatic rings. The number of rotatable bonds is 5. The van der Waals surface area contributed by atoms with Gasteiger partial charge in [-0.1, -0.05) is 12.1 Å². The Morgan fingerprint density at radius 1 is 1.21 bits per heavy atom. The molecule has 33 heavy (non-hydrogen) atoms. The Labute approximate surface area is 190 Å². The minimum absolute atomic E-state index is 0.0180. The van der Waals surface area contributed by atoms with Crippen molar-refractivity contribution in [2.45, 2.75) is 25.8 Å². The topological polar surface area (TPSA) is 130 Å². The number of hydrogen-bond acceptors (Lipinski definition) is 8. The molecule has 1 aliphatic heterocycles. The van der Waals surface area contributed by atoms with Crippen LogP contribution < -0.4 is 10.2 Å². The van der Waals surface area contributed by atoms with E-state index in [1.807, 2.05) is 32.2 Å². The highest BCUT2D eigenvalue weighted by molar-refractivity contribution is 6.05. The molecule has 1 aliphatic rings. The van der Waals surface area contributed by atoms with Crippen molar-refractivity contribution in [2.75, 3.05) is 18.0 Å². The van der Waals surface area contributed by atoms with Crippen molar-refractivity contribution in [1.29, 1.82) is 0 Å². The number of carbonyl (C=O) groups excluding carboxylic acids is 1. The van der Waals surface area contributed by atoms with Gasteiger partial charge in [0.15, 0.2) is 0 Å². The van der Waals surface area contributed by atoms with Crippen LogP contribution in [-0.2, 0) is 7.05 Å². The third-order valence-corrected chi connectivity index (χ3v) is 5.85.